The van der Waals surface area contributed by atoms with Gasteiger partial charge in [-0.25, -0.2) is 0 Å². The van der Waals surface area contributed by atoms with Gasteiger partial charge in [-0.1, -0.05) is 12.1 Å². The number of benzene rings is 1. The number of aliphatic hydroxyl groups is 1. The molecule has 0 bridgehead atoms. The van der Waals surface area contributed by atoms with E-state index in [9.17, 15) is 24.3 Å². The highest BCUT2D eigenvalue weighted by Crippen LogP contribution is 2.19. The summed E-state index contributed by atoms with van der Waals surface area (Å²) in [5, 5.41) is 20.2. The lowest BCUT2D eigenvalue weighted by molar-refractivity contribution is -0.135. The maximum absolute atomic E-state index is 12.3. The van der Waals surface area contributed by atoms with Crippen molar-refractivity contribution in [1.29, 1.82) is 0 Å². The van der Waals surface area contributed by atoms with Gasteiger partial charge in [-0.3, -0.25) is 29.8 Å². The number of fused-ring (bicyclic) bond motifs is 1. The highest BCUT2D eigenvalue weighted by Gasteiger charge is 2.32. The number of nitrogens with one attached hydrogen (secondary N) is 4. The lowest BCUT2D eigenvalue weighted by Gasteiger charge is -2.26. The minimum Gasteiger partial charge on any atom is -0.379 e. The van der Waals surface area contributed by atoms with Crippen molar-refractivity contribution in [2.24, 2.45) is 0 Å². The molecule has 132 valence electrons. The molecular weight excluding hydrogens is 328 g/mol. The van der Waals surface area contributed by atoms with E-state index in [0.717, 1.165) is 0 Å². The molecule has 2 unspecified atom stereocenters. The van der Waals surface area contributed by atoms with E-state index in [-0.39, 0.29) is 25.2 Å². The molecule has 0 saturated carbocycles. The first-order valence-electron chi connectivity index (χ1n) is 7.92. The molecule has 1 aromatic carbocycles. The van der Waals surface area contributed by atoms with Crippen molar-refractivity contribution >= 4 is 29.3 Å². The van der Waals surface area contributed by atoms with Crippen LogP contribution in [0, 0.1) is 0 Å². The van der Waals surface area contributed by atoms with Gasteiger partial charge in [0.2, 0.25) is 17.7 Å². The minimum absolute atomic E-state index is 0.122. The summed E-state index contributed by atoms with van der Waals surface area (Å²) in [7, 11) is 0. The van der Waals surface area contributed by atoms with Crippen LogP contribution in [-0.2, 0) is 14.4 Å². The Bertz CT molecular complexity index is 735. The number of amides is 4. The van der Waals surface area contributed by atoms with Crippen LogP contribution in [0.5, 0.6) is 0 Å². The third-order valence-electron chi connectivity index (χ3n) is 4.14. The highest BCUT2D eigenvalue weighted by atomic mass is 16.3. The number of hydrogen-bond donors (Lipinski definition) is 5. The molecule has 3 atom stereocenters. The van der Waals surface area contributed by atoms with Gasteiger partial charge in [-0.15, -0.1) is 0 Å². The molecule has 2 heterocycles. The number of rotatable bonds is 4. The maximum Gasteiger partial charge on any atom is 0.254 e. The quantitative estimate of drug-likeness (QED) is 0.345. The third-order valence-corrected chi connectivity index (χ3v) is 4.14. The smallest absolute Gasteiger partial charge is 0.254 e. The maximum atomic E-state index is 12.3. The number of imide groups is 1. The molecule has 4 amide bonds. The molecule has 1 saturated heterocycles. The molecule has 0 radical (unpaired) electrons. The summed E-state index contributed by atoms with van der Waals surface area (Å²) in [6, 6.07) is 4.90. The Hall–Kier alpha value is -2.78. The topological polar surface area (TPSA) is 137 Å². The van der Waals surface area contributed by atoms with Gasteiger partial charge in [0.15, 0.2) is 0 Å². The van der Waals surface area contributed by atoms with Gasteiger partial charge in [-0.2, -0.15) is 0 Å². The predicted octanol–water partition coefficient (Wildman–Crippen LogP) is -1.16. The van der Waals surface area contributed by atoms with Gasteiger partial charge >= 0.3 is 0 Å². The number of carbonyl (C=O) groups excluding carboxylic acids is 4. The summed E-state index contributed by atoms with van der Waals surface area (Å²) in [6.07, 6.45) is -0.896. The van der Waals surface area contributed by atoms with Crippen molar-refractivity contribution < 1.29 is 24.3 Å². The molecule has 25 heavy (non-hydrogen) atoms. The summed E-state index contributed by atoms with van der Waals surface area (Å²) < 4.78 is 0. The van der Waals surface area contributed by atoms with E-state index >= 15 is 0 Å². The molecule has 0 spiro atoms. The summed E-state index contributed by atoms with van der Waals surface area (Å²) >= 11 is 0. The lowest BCUT2D eigenvalue weighted by Crippen LogP contribution is -2.55. The van der Waals surface area contributed by atoms with Crippen molar-refractivity contribution in [1.82, 2.24) is 16.0 Å². The molecule has 9 heteroatoms. The van der Waals surface area contributed by atoms with Crippen molar-refractivity contribution in [3.63, 3.8) is 0 Å². The zero-order valence-corrected chi connectivity index (χ0v) is 13.2. The molecule has 0 aromatic heterocycles. The van der Waals surface area contributed by atoms with Crippen LogP contribution in [-0.4, -0.2) is 47.0 Å². The largest absolute Gasteiger partial charge is 0.379 e. The predicted molar refractivity (Wildman–Crippen MR) is 86.3 cm³/mol. The second-order valence-electron chi connectivity index (χ2n) is 5.98. The summed E-state index contributed by atoms with van der Waals surface area (Å²) in [5.74, 6) is -1.75. The third kappa shape index (κ3) is 3.83. The average molecular weight is 346 g/mol. The van der Waals surface area contributed by atoms with E-state index in [1.54, 1.807) is 24.3 Å². The van der Waals surface area contributed by atoms with Gasteiger partial charge in [-0.05, 0) is 18.6 Å². The van der Waals surface area contributed by atoms with Crippen LogP contribution in [0.4, 0.5) is 5.69 Å². The fourth-order valence-corrected chi connectivity index (χ4v) is 2.85. The molecule has 3 rings (SSSR count). The Balaban J connectivity index is 1.63. The molecule has 5 N–H and O–H groups in total. The van der Waals surface area contributed by atoms with E-state index in [2.05, 4.69) is 21.3 Å². The zero-order valence-electron chi connectivity index (χ0n) is 13.2. The van der Waals surface area contributed by atoms with Crippen LogP contribution in [0.2, 0.25) is 0 Å². The van der Waals surface area contributed by atoms with Crippen molar-refractivity contribution in [2.45, 2.75) is 37.6 Å². The Morgan fingerprint density at radius 2 is 1.88 bits per heavy atom. The van der Waals surface area contributed by atoms with Crippen molar-refractivity contribution in [3.8, 4) is 0 Å². The van der Waals surface area contributed by atoms with E-state index in [4.69, 9.17) is 0 Å². The molecule has 9 nitrogen and oxygen atoms in total. The first-order chi connectivity index (χ1) is 11.9. The number of aliphatic hydroxyl groups excluding tert-OH is 1. The molecular formula is C16H18N4O5. The first kappa shape index (κ1) is 17.1. The zero-order chi connectivity index (χ0) is 18.0. The molecule has 0 aliphatic carbocycles. The SMILES string of the molecule is O=C1CCC(NC(O)C[C@@H]2NC(=O)c3ccccc3NC2=O)C(=O)N1. The second kappa shape index (κ2) is 6.99. The summed E-state index contributed by atoms with van der Waals surface area (Å²) in [5.41, 5.74) is 0.742. The fraction of sp³-hybridized carbons (Fsp3) is 0.375. The summed E-state index contributed by atoms with van der Waals surface area (Å²) in [6.45, 7) is 0. The second-order valence-corrected chi connectivity index (χ2v) is 5.98. The molecule has 1 fully saturated rings. The number of hydrogen-bond acceptors (Lipinski definition) is 6. The van der Waals surface area contributed by atoms with Gasteiger partial charge in [0, 0.05) is 12.8 Å². The number of anilines is 1. The Morgan fingerprint density at radius 1 is 1.12 bits per heavy atom. The van der Waals surface area contributed by atoms with Crippen molar-refractivity contribution in [2.75, 3.05) is 5.32 Å². The van der Waals surface area contributed by atoms with Crippen LogP contribution in [0.25, 0.3) is 0 Å². The van der Waals surface area contributed by atoms with E-state index in [0.29, 0.717) is 11.3 Å². The normalized spacial score (nSPS) is 24.5. The molecule has 1 aromatic rings. The Labute approximate surface area is 143 Å². The molecule has 2 aliphatic rings. The van der Waals surface area contributed by atoms with Gasteiger partial charge in [0.05, 0.1) is 17.3 Å². The number of carbonyl (C=O) groups is 4. The van der Waals surface area contributed by atoms with E-state index in [1.165, 1.54) is 0 Å². The monoisotopic (exact) mass is 346 g/mol. The van der Waals surface area contributed by atoms with E-state index < -0.39 is 36.0 Å². The van der Waals surface area contributed by atoms with Crippen LogP contribution in [0.1, 0.15) is 29.6 Å². The Kier molecular flexibility index (Phi) is 4.77. The lowest BCUT2D eigenvalue weighted by atomic mass is 10.1. The number of piperidine rings is 1. The fourth-order valence-electron chi connectivity index (χ4n) is 2.85. The Morgan fingerprint density at radius 3 is 2.64 bits per heavy atom. The van der Waals surface area contributed by atoms with Crippen LogP contribution >= 0.6 is 0 Å². The average Bonchev–Trinajstić information content (AvgIpc) is 2.68. The van der Waals surface area contributed by atoms with Crippen LogP contribution in [0.3, 0.4) is 0 Å². The highest BCUT2D eigenvalue weighted by molar-refractivity contribution is 6.09. The van der Waals surface area contributed by atoms with E-state index in [1.807, 2.05) is 0 Å². The minimum atomic E-state index is -1.21. The van der Waals surface area contributed by atoms with Crippen LogP contribution < -0.4 is 21.3 Å². The van der Waals surface area contributed by atoms with Gasteiger partial charge < -0.3 is 15.7 Å². The molecule has 2 aliphatic heterocycles. The van der Waals surface area contributed by atoms with Gasteiger partial charge in [0.25, 0.3) is 5.91 Å². The van der Waals surface area contributed by atoms with Crippen LogP contribution in [0.15, 0.2) is 24.3 Å². The van der Waals surface area contributed by atoms with Gasteiger partial charge in [0.1, 0.15) is 12.3 Å². The first-order valence-corrected chi connectivity index (χ1v) is 7.92. The number of para-hydroxylation sites is 1. The summed E-state index contributed by atoms with van der Waals surface area (Å²) in [4.78, 5) is 47.3. The van der Waals surface area contributed by atoms with Crippen molar-refractivity contribution in [3.05, 3.63) is 29.8 Å². The standard InChI is InChI=1S/C16H18N4O5/c21-12-6-5-10(15(24)20-12)17-13(22)7-11-16(25)18-9-4-2-1-3-8(9)14(23)19-11/h1-4,10-11,13,17,22H,5-7H2,(H,18,25)(H,19,23)(H,20,21,24)/t10?,11-,13?/m0/s1.